The predicted octanol–water partition coefficient (Wildman–Crippen LogP) is 3.56. The van der Waals surface area contributed by atoms with Crippen LogP contribution in [0.2, 0.25) is 0 Å². The maximum atomic E-state index is 9.75. The van der Waals surface area contributed by atoms with Crippen LogP contribution in [0.1, 0.15) is 13.3 Å². The Bertz CT molecular complexity index is 419. The van der Waals surface area contributed by atoms with Gasteiger partial charge >= 0.3 is 16.5 Å². The summed E-state index contributed by atoms with van der Waals surface area (Å²) in [6.45, 7) is 4.86. The van der Waals surface area contributed by atoms with Crippen molar-refractivity contribution in [3.8, 4) is 0 Å². The third-order valence-corrected chi connectivity index (χ3v) is 3.43. The van der Waals surface area contributed by atoms with Gasteiger partial charge in [-0.3, -0.25) is 0 Å². The number of carbonyl (C=O) groups excluding carboxylic acids is 1. The normalized spacial score (nSPS) is 8.30. The van der Waals surface area contributed by atoms with Gasteiger partial charge in [-0.05, 0) is 17.5 Å². The summed E-state index contributed by atoms with van der Waals surface area (Å²) in [5, 5.41) is 2.79. The summed E-state index contributed by atoms with van der Waals surface area (Å²) in [6, 6.07) is 21.2. The minimum Gasteiger partial charge on any atom is -0.358 e. The van der Waals surface area contributed by atoms with Gasteiger partial charge in [0.05, 0.1) is 5.78 Å². The molecule has 0 N–H and O–H groups in total. The van der Waals surface area contributed by atoms with Crippen molar-refractivity contribution >= 4 is 25.0 Å². The van der Waals surface area contributed by atoms with E-state index in [1.807, 2.05) is 0 Å². The van der Waals surface area contributed by atoms with Gasteiger partial charge in [-0.15, -0.1) is 6.42 Å². The molecule has 2 rings (SSSR count). The topological polar surface area (TPSA) is 17.1 Å². The third-order valence-electron chi connectivity index (χ3n) is 2.19. The number of carbonyl (C=O) groups is 1. The van der Waals surface area contributed by atoms with E-state index < -0.39 is 0 Å². The molecule has 1 nitrogen and oxygen atoms in total. The van der Waals surface area contributed by atoms with Crippen LogP contribution in [-0.2, 0) is 21.3 Å². The Morgan fingerprint density at radius 2 is 1.25 bits per heavy atom. The second-order valence-corrected chi connectivity index (χ2v) is 5.21. The third kappa shape index (κ3) is 9.90. The smallest absolute Gasteiger partial charge is 0.358 e. The first-order chi connectivity index (χ1) is 8.72. The molecule has 3 heteroatoms. The maximum absolute atomic E-state index is 9.75. The first-order valence-corrected chi connectivity index (χ1v) is 6.88. The molecule has 0 aromatic heterocycles. The molecular weight excluding hydrogens is 310 g/mol. The number of hydrogen-bond acceptors (Lipinski definition) is 1. The number of rotatable bonds is 3. The van der Waals surface area contributed by atoms with E-state index in [1.54, 1.807) is 0 Å². The number of Topliss-reactive ketones (excluding diaryl/α,β-unsaturated/α-hetero) is 1. The summed E-state index contributed by atoms with van der Waals surface area (Å²) < 4.78 is 0. The minimum atomic E-state index is 0. The Labute approximate surface area is 134 Å². The average Bonchev–Trinajstić information content (AvgIpc) is 2.42. The molecule has 0 saturated carbocycles. The summed E-state index contributed by atoms with van der Waals surface area (Å²) in [5.74, 6) is 0.144. The quantitative estimate of drug-likeness (QED) is 0.478. The van der Waals surface area contributed by atoms with Gasteiger partial charge in [0, 0.05) is 0 Å². The molecule has 0 amide bonds. The Balaban J connectivity index is 0. The molecule has 0 heterocycles. The van der Waals surface area contributed by atoms with Gasteiger partial charge in [0.2, 0.25) is 0 Å². The zero-order chi connectivity index (χ0) is 13.2. The van der Waals surface area contributed by atoms with Crippen LogP contribution in [0.3, 0.4) is 0 Å². The average molecular weight is 331 g/mol. The van der Waals surface area contributed by atoms with E-state index in [9.17, 15) is 4.79 Å². The van der Waals surface area contributed by atoms with Crippen molar-refractivity contribution in [3.63, 3.8) is 0 Å². The Morgan fingerprint density at radius 1 is 0.950 bits per heavy atom. The first kappa shape index (κ1) is 21.3. The van der Waals surface area contributed by atoms with E-state index in [4.69, 9.17) is 0 Å². The number of hydrogen-bond donors (Lipinski definition) is 0. The van der Waals surface area contributed by atoms with Crippen LogP contribution in [0.4, 0.5) is 0 Å². The predicted molar refractivity (Wildman–Crippen MR) is 87.5 cm³/mol. The summed E-state index contributed by atoms with van der Waals surface area (Å²) >= 11 is 0. The second kappa shape index (κ2) is 13.0. The first-order valence-electron chi connectivity index (χ1n) is 5.88. The minimum absolute atomic E-state index is 0. The molecule has 0 fully saturated rings. The molecule has 1 radical (unpaired) electrons. The van der Waals surface area contributed by atoms with Crippen LogP contribution in [0.5, 0.6) is 0 Å². The fraction of sp³-hybridized carbons (Fsp3) is 0.118. The fourth-order valence-electron chi connectivity index (χ4n) is 1.21. The van der Waals surface area contributed by atoms with Crippen LogP contribution in [0.25, 0.3) is 0 Å². The summed E-state index contributed by atoms with van der Waals surface area (Å²) in [6.07, 6.45) is 0.417. The van der Waals surface area contributed by atoms with Crippen molar-refractivity contribution in [2.24, 2.45) is 0 Å². The van der Waals surface area contributed by atoms with E-state index >= 15 is 0 Å². The second-order valence-electron chi connectivity index (χ2n) is 3.81. The molecule has 0 bridgehead atoms. The molecule has 0 atom stereocenters. The molecule has 2 aromatic rings. The molecule has 109 valence electrons. The van der Waals surface area contributed by atoms with E-state index in [0.717, 1.165) is 8.58 Å². The van der Waals surface area contributed by atoms with Gasteiger partial charge in [-0.25, -0.2) is 0 Å². The molecule has 0 aliphatic carbocycles. The molecule has 0 unspecified atom stereocenters. The van der Waals surface area contributed by atoms with Crippen molar-refractivity contribution < 1.29 is 21.3 Å². The standard InChI is InChI=1S/C12H11P.C4H7O.CH3.Ni/c1-3-7-11(8-4-1)13-12-9-5-2-6-10-12;1-3-4(2)5;;/h1-10,13H;1,3H2,2H3;1H3;/q;2*-1;+3. The van der Waals surface area contributed by atoms with Crippen LogP contribution in [0, 0.1) is 14.4 Å². The van der Waals surface area contributed by atoms with Crippen molar-refractivity contribution in [2.75, 3.05) is 0 Å². The van der Waals surface area contributed by atoms with Gasteiger partial charge < -0.3 is 19.1 Å². The van der Waals surface area contributed by atoms with Gasteiger partial charge in [0.25, 0.3) is 0 Å². The molecule has 20 heavy (non-hydrogen) atoms. The number of ketones is 1. The van der Waals surface area contributed by atoms with E-state index in [-0.39, 0.29) is 29.7 Å². The Kier molecular flexibility index (Phi) is 13.9. The zero-order valence-electron chi connectivity index (χ0n) is 11.9. The van der Waals surface area contributed by atoms with E-state index in [2.05, 4.69) is 67.6 Å². The Hall–Kier alpha value is -0.966. The summed E-state index contributed by atoms with van der Waals surface area (Å²) in [5.41, 5.74) is 0. The molecule has 0 aliphatic heterocycles. The van der Waals surface area contributed by atoms with E-state index in [1.165, 1.54) is 17.5 Å². The molecular formula is C17H21NiOP+. The van der Waals surface area contributed by atoms with Crippen molar-refractivity contribution in [3.05, 3.63) is 75.0 Å². The maximum Gasteiger partial charge on any atom is 3.00 e. The summed E-state index contributed by atoms with van der Waals surface area (Å²) in [7, 11) is 0.777. The largest absolute Gasteiger partial charge is 3.00 e. The van der Waals surface area contributed by atoms with Crippen LogP contribution < -0.4 is 10.6 Å². The monoisotopic (exact) mass is 330 g/mol. The van der Waals surface area contributed by atoms with E-state index in [0.29, 0.717) is 6.42 Å². The molecule has 0 aliphatic rings. The van der Waals surface area contributed by atoms with Gasteiger partial charge in [0.1, 0.15) is 0 Å². The van der Waals surface area contributed by atoms with Crippen molar-refractivity contribution in [1.29, 1.82) is 0 Å². The zero-order valence-corrected chi connectivity index (χ0v) is 13.9. The van der Waals surface area contributed by atoms with Crippen molar-refractivity contribution in [2.45, 2.75) is 13.3 Å². The van der Waals surface area contributed by atoms with Gasteiger partial charge in [-0.1, -0.05) is 69.2 Å². The van der Waals surface area contributed by atoms with Gasteiger partial charge in [-0.2, -0.15) is 0 Å². The molecule has 2 aromatic carbocycles. The SMILES string of the molecule is [CH2-]CC(C)=O.[CH3-].[Ni+3].c1ccc(Pc2ccccc2)cc1. The number of benzene rings is 2. The van der Waals surface area contributed by atoms with Gasteiger partial charge in [0.15, 0.2) is 0 Å². The van der Waals surface area contributed by atoms with Crippen LogP contribution in [-0.4, -0.2) is 5.78 Å². The molecule has 0 saturated heterocycles. The molecule has 0 spiro atoms. The van der Waals surface area contributed by atoms with Crippen molar-refractivity contribution in [1.82, 2.24) is 0 Å². The van der Waals surface area contributed by atoms with Crippen LogP contribution >= 0.6 is 8.58 Å². The Morgan fingerprint density at radius 3 is 1.50 bits per heavy atom. The fourth-order valence-corrected chi connectivity index (χ4v) is 2.26. The van der Waals surface area contributed by atoms with Crippen LogP contribution in [0.15, 0.2) is 60.7 Å². The summed E-state index contributed by atoms with van der Waals surface area (Å²) in [4.78, 5) is 9.75.